The van der Waals surface area contributed by atoms with Crippen LogP contribution in [0.3, 0.4) is 0 Å². The number of halogens is 2. The molecule has 0 amide bonds. The fraction of sp³-hybridized carbons (Fsp3) is 0.182. The molecule has 1 N–H and O–H groups in total. The highest BCUT2D eigenvalue weighted by atomic mass is 35.5. The predicted octanol–water partition coefficient (Wildman–Crippen LogP) is 3.28. The molecule has 1 aromatic rings. The van der Waals surface area contributed by atoms with Gasteiger partial charge in [0, 0.05) is 5.56 Å². The van der Waals surface area contributed by atoms with Gasteiger partial charge in [-0.2, -0.15) is 0 Å². The molecular formula is C11H10ClFO2. The Morgan fingerprint density at radius 3 is 2.87 bits per heavy atom. The van der Waals surface area contributed by atoms with Crippen molar-refractivity contribution >= 4 is 23.6 Å². The molecule has 0 aliphatic rings. The van der Waals surface area contributed by atoms with Crippen LogP contribution in [0.25, 0.3) is 6.08 Å². The van der Waals surface area contributed by atoms with Crippen LogP contribution < -0.4 is 0 Å². The third-order valence-electron chi connectivity index (χ3n) is 1.94. The van der Waals surface area contributed by atoms with Crippen molar-refractivity contribution in [3.63, 3.8) is 0 Å². The van der Waals surface area contributed by atoms with Crippen molar-refractivity contribution in [3.05, 3.63) is 40.2 Å². The number of rotatable bonds is 3. The highest BCUT2D eigenvalue weighted by molar-refractivity contribution is 6.32. The third kappa shape index (κ3) is 3.06. The molecule has 0 unspecified atom stereocenters. The predicted molar refractivity (Wildman–Crippen MR) is 57.4 cm³/mol. The van der Waals surface area contributed by atoms with E-state index in [1.807, 2.05) is 0 Å². The lowest BCUT2D eigenvalue weighted by atomic mass is 10.1. The molecule has 0 saturated heterocycles. The van der Waals surface area contributed by atoms with Gasteiger partial charge in [-0.15, -0.1) is 0 Å². The van der Waals surface area contributed by atoms with Gasteiger partial charge in [0.25, 0.3) is 0 Å². The second kappa shape index (κ2) is 4.94. The molecular weight excluding hydrogens is 219 g/mol. The van der Waals surface area contributed by atoms with Crippen molar-refractivity contribution in [1.82, 2.24) is 0 Å². The van der Waals surface area contributed by atoms with E-state index in [9.17, 15) is 9.18 Å². The molecule has 0 aliphatic heterocycles. The maximum Gasteiger partial charge on any atom is 0.307 e. The quantitative estimate of drug-likeness (QED) is 0.862. The van der Waals surface area contributed by atoms with E-state index in [-0.39, 0.29) is 12.2 Å². The van der Waals surface area contributed by atoms with Crippen LogP contribution in [-0.2, 0) is 4.79 Å². The minimum absolute atomic E-state index is 0.0766. The summed E-state index contributed by atoms with van der Waals surface area (Å²) in [6, 6.07) is 2.82. The molecule has 0 heterocycles. The van der Waals surface area contributed by atoms with Crippen molar-refractivity contribution in [2.45, 2.75) is 13.3 Å². The summed E-state index contributed by atoms with van der Waals surface area (Å²) < 4.78 is 13.0. The first-order valence-electron chi connectivity index (χ1n) is 4.35. The molecule has 2 nitrogen and oxygen atoms in total. The number of benzene rings is 1. The molecule has 1 aromatic carbocycles. The minimum Gasteiger partial charge on any atom is -0.481 e. The maximum absolute atomic E-state index is 13.0. The number of aliphatic carboxylic acids is 1. The zero-order valence-corrected chi connectivity index (χ0v) is 8.88. The van der Waals surface area contributed by atoms with Crippen molar-refractivity contribution in [3.8, 4) is 0 Å². The first-order valence-corrected chi connectivity index (χ1v) is 4.73. The van der Waals surface area contributed by atoms with Crippen molar-refractivity contribution in [2.24, 2.45) is 0 Å². The molecule has 4 heteroatoms. The number of carbonyl (C=O) groups is 1. The van der Waals surface area contributed by atoms with Crippen LogP contribution in [0.15, 0.2) is 18.2 Å². The zero-order valence-electron chi connectivity index (χ0n) is 8.13. The second-order valence-corrected chi connectivity index (χ2v) is 3.45. The van der Waals surface area contributed by atoms with Gasteiger partial charge in [0.15, 0.2) is 0 Å². The molecule has 0 saturated carbocycles. The number of carboxylic acid groups (broad SMARTS) is 1. The van der Waals surface area contributed by atoms with Gasteiger partial charge < -0.3 is 5.11 Å². The minimum atomic E-state index is -0.916. The fourth-order valence-corrected chi connectivity index (χ4v) is 1.31. The Morgan fingerprint density at radius 2 is 2.27 bits per heavy atom. The summed E-state index contributed by atoms with van der Waals surface area (Å²) in [4.78, 5) is 10.3. The largest absolute Gasteiger partial charge is 0.481 e. The van der Waals surface area contributed by atoms with Crippen LogP contribution in [0.1, 0.15) is 17.5 Å². The average Bonchev–Trinajstić information content (AvgIpc) is 2.18. The normalized spacial score (nSPS) is 10.9. The van der Waals surface area contributed by atoms with Crippen LogP contribution in [0.5, 0.6) is 0 Å². The molecule has 0 aliphatic carbocycles. The monoisotopic (exact) mass is 228 g/mol. The summed E-state index contributed by atoms with van der Waals surface area (Å²) in [5, 5.41) is 8.73. The van der Waals surface area contributed by atoms with Crippen LogP contribution in [-0.4, -0.2) is 11.1 Å². The van der Waals surface area contributed by atoms with E-state index in [2.05, 4.69) is 0 Å². The van der Waals surface area contributed by atoms with E-state index in [0.717, 1.165) is 0 Å². The van der Waals surface area contributed by atoms with Gasteiger partial charge in [-0.05, 0) is 18.6 Å². The van der Waals surface area contributed by atoms with Gasteiger partial charge in [0.1, 0.15) is 5.82 Å². The molecule has 15 heavy (non-hydrogen) atoms. The Labute approximate surface area is 92.0 Å². The smallest absolute Gasteiger partial charge is 0.307 e. The Kier molecular flexibility index (Phi) is 3.86. The van der Waals surface area contributed by atoms with Crippen molar-refractivity contribution in [2.75, 3.05) is 0 Å². The van der Waals surface area contributed by atoms with E-state index in [0.29, 0.717) is 16.1 Å². The van der Waals surface area contributed by atoms with Gasteiger partial charge in [0.2, 0.25) is 0 Å². The van der Waals surface area contributed by atoms with Gasteiger partial charge in [0.05, 0.1) is 11.4 Å². The highest BCUT2D eigenvalue weighted by Gasteiger charge is 2.05. The summed E-state index contributed by atoms with van der Waals surface area (Å²) in [5.74, 6) is -1.28. The molecule has 0 atom stereocenters. The third-order valence-corrected chi connectivity index (χ3v) is 2.44. The van der Waals surface area contributed by atoms with Crippen LogP contribution in [0, 0.1) is 12.7 Å². The van der Waals surface area contributed by atoms with Gasteiger partial charge in [-0.25, -0.2) is 4.39 Å². The summed E-state index contributed by atoms with van der Waals surface area (Å²) in [5.41, 5.74) is 0.992. The highest BCUT2D eigenvalue weighted by Crippen LogP contribution is 2.24. The SMILES string of the molecule is Cc1c(F)ccc(C=CCC(=O)O)c1Cl. The summed E-state index contributed by atoms with van der Waals surface area (Å²) >= 11 is 5.88. The molecule has 1 rings (SSSR count). The molecule has 0 radical (unpaired) electrons. The van der Waals surface area contributed by atoms with E-state index in [4.69, 9.17) is 16.7 Å². The Hall–Kier alpha value is -1.35. The maximum atomic E-state index is 13.0. The molecule has 0 aromatic heterocycles. The van der Waals surface area contributed by atoms with E-state index in [1.165, 1.54) is 18.2 Å². The summed E-state index contributed by atoms with van der Waals surface area (Å²) in [6.07, 6.45) is 2.97. The van der Waals surface area contributed by atoms with Gasteiger partial charge >= 0.3 is 5.97 Å². The lowest BCUT2D eigenvalue weighted by Gasteiger charge is -2.03. The molecule has 80 valence electrons. The van der Waals surface area contributed by atoms with Crippen molar-refractivity contribution in [1.29, 1.82) is 0 Å². The van der Waals surface area contributed by atoms with Gasteiger partial charge in [-0.1, -0.05) is 29.8 Å². The standard InChI is InChI=1S/C11H10ClFO2/c1-7-9(13)6-5-8(11(7)12)3-2-4-10(14)15/h2-3,5-6H,4H2,1H3,(H,14,15). The molecule has 0 bridgehead atoms. The topological polar surface area (TPSA) is 37.3 Å². The second-order valence-electron chi connectivity index (χ2n) is 3.08. The Bertz CT molecular complexity index is 413. The van der Waals surface area contributed by atoms with Gasteiger partial charge in [-0.3, -0.25) is 4.79 Å². The fourth-order valence-electron chi connectivity index (χ4n) is 1.10. The van der Waals surface area contributed by atoms with E-state index >= 15 is 0 Å². The van der Waals surface area contributed by atoms with E-state index in [1.54, 1.807) is 13.0 Å². The van der Waals surface area contributed by atoms with Crippen LogP contribution in [0.4, 0.5) is 4.39 Å². The Morgan fingerprint density at radius 1 is 1.60 bits per heavy atom. The zero-order chi connectivity index (χ0) is 11.4. The first-order chi connectivity index (χ1) is 7.02. The van der Waals surface area contributed by atoms with Crippen LogP contribution in [0.2, 0.25) is 5.02 Å². The molecule has 0 fully saturated rings. The number of hydrogen-bond acceptors (Lipinski definition) is 1. The summed E-state index contributed by atoms with van der Waals surface area (Å²) in [7, 11) is 0. The average molecular weight is 229 g/mol. The summed E-state index contributed by atoms with van der Waals surface area (Å²) in [6.45, 7) is 1.58. The number of hydrogen-bond donors (Lipinski definition) is 1. The van der Waals surface area contributed by atoms with Crippen LogP contribution >= 0.6 is 11.6 Å². The lowest BCUT2D eigenvalue weighted by Crippen LogP contribution is -1.90. The molecule has 0 spiro atoms. The lowest BCUT2D eigenvalue weighted by molar-refractivity contribution is -0.135. The Balaban J connectivity index is 2.92. The number of carboxylic acids is 1. The van der Waals surface area contributed by atoms with E-state index < -0.39 is 5.97 Å². The van der Waals surface area contributed by atoms with Crippen molar-refractivity contribution < 1.29 is 14.3 Å². The first kappa shape index (κ1) is 11.7.